The van der Waals surface area contributed by atoms with E-state index in [4.69, 9.17) is 9.88 Å². The van der Waals surface area contributed by atoms with E-state index in [0.717, 1.165) is 19.4 Å². The van der Waals surface area contributed by atoms with E-state index in [1.807, 2.05) is 0 Å². The van der Waals surface area contributed by atoms with Gasteiger partial charge in [0.1, 0.15) is 0 Å². The first kappa shape index (κ1) is 17.9. The summed E-state index contributed by atoms with van der Waals surface area (Å²) < 4.78 is 0. The van der Waals surface area contributed by atoms with Gasteiger partial charge >= 0.3 is 0 Å². The Bertz CT molecular complexity index is 126. The Kier molecular flexibility index (Phi) is 16.8. The molecular formula is C15H33NO2. The van der Waals surface area contributed by atoms with Crippen molar-refractivity contribution in [3.63, 3.8) is 0 Å². The van der Waals surface area contributed by atoms with Gasteiger partial charge in [-0.15, -0.1) is 4.99 Å². The van der Waals surface area contributed by atoms with Gasteiger partial charge in [0.2, 0.25) is 0 Å². The summed E-state index contributed by atoms with van der Waals surface area (Å²) in [6, 6.07) is 0. The van der Waals surface area contributed by atoms with E-state index in [1.165, 1.54) is 57.8 Å². The number of unbranched alkanes of at least 4 members (excludes halogenated alkanes) is 9. The van der Waals surface area contributed by atoms with Gasteiger partial charge in [0, 0.05) is 6.54 Å². The Labute approximate surface area is 114 Å². The van der Waals surface area contributed by atoms with Crippen molar-refractivity contribution in [3.05, 3.63) is 0 Å². The predicted octanol–water partition coefficient (Wildman–Crippen LogP) is 4.77. The fourth-order valence-electron chi connectivity index (χ4n) is 1.88. The molecule has 0 saturated carbocycles. The minimum atomic E-state index is 0.702. The molecule has 110 valence electrons. The highest BCUT2D eigenvalue weighted by atomic mass is 17.3. The first-order valence-corrected chi connectivity index (χ1v) is 7.93. The fourth-order valence-corrected chi connectivity index (χ4v) is 1.88. The van der Waals surface area contributed by atoms with Crippen molar-refractivity contribution < 1.29 is 9.88 Å². The highest BCUT2D eigenvalue weighted by Gasteiger charge is 1.93. The fraction of sp³-hybridized carbons (Fsp3) is 1.00. The maximum Gasteiger partial charge on any atom is 0.0842 e. The third-order valence-electron chi connectivity index (χ3n) is 3.05. The molecule has 3 heteroatoms. The highest BCUT2D eigenvalue weighted by molar-refractivity contribution is 4.46. The molecule has 18 heavy (non-hydrogen) atoms. The van der Waals surface area contributed by atoms with Crippen molar-refractivity contribution in [1.29, 1.82) is 0 Å². The van der Waals surface area contributed by atoms with E-state index in [2.05, 4.69) is 19.3 Å². The van der Waals surface area contributed by atoms with Crippen LogP contribution in [0.1, 0.15) is 84.5 Å². The summed E-state index contributed by atoms with van der Waals surface area (Å²) in [7, 11) is 0. The third kappa shape index (κ3) is 15.9. The maximum absolute atomic E-state index is 5.00. The van der Waals surface area contributed by atoms with E-state index < -0.39 is 0 Å². The molecule has 0 aliphatic heterocycles. The third-order valence-corrected chi connectivity index (χ3v) is 3.05. The van der Waals surface area contributed by atoms with Crippen molar-refractivity contribution in [2.75, 3.05) is 13.2 Å². The van der Waals surface area contributed by atoms with Gasteiger partial charge in [-0.05, 0) is 12.8 Å². The molecule has 3 nitrogen and oxygen atoms in total. The van der Waals surface area contributed by atoms with Crippen molar-refractivity contribution >= 4 is 0 Å². The molecule has 0 radical (unpaired) electrons. The Balaban J connectivity index is 2.86. The van der Waals surface area contributed by atoms with E-state index in [-0.39, 0.29) is 0 Å². The summed E-state index contributed by atoms with van der Waals surface area (Å²) >= 11 is 0. The molecule has 0 aliphatic carbocycles. The molecule has 0 heterocycles. The zero-order valence-electron chi connectivity index (χ0n) is 12.5. The Morgan fingerprint density at radius 1 is 0.667 bits per heavy atom. The zero-order valence-corrected chi connectivity index (χ0v) is 12.5. The second-order valence-corrected chi connectivity index (χ2v) is 4.98. The lowest BCUT2D eigenvalue weighted by atomic mass is 10.1. The van der Waals surface area contributed by atoms with Crippen LogP contribution in [0, 0.1) is 0 Å². The molecule has 0 fully saturated rings. The number of rotatable bonds is 15. The van der Waals surface area contributed by atoms with Crippen LogP contribution < -0.4 is 5.48 Å². The van der Waals surface area contributed by atoms with Crippen LogP contribution in [0.4, 0.5) is 0 Å². The van der Waals surface area contributed by atoms with Crippen molar-refractivity contribution in [2.45, 2.75) is 84.5 Å². The monoisotopic (exact) mass is 259 g/mol. The molecule has 0 atom stereocenters. The van der Waals surface area contributed by atoms with Gasteiger partial charge in [0.05, 0.1) is 6.61 Å². The number of hydrogen-bond donors (Lipinski definition) is 1. The maximum atomic E-state index is 5.00. The van der Waals surface area contributed by atoms with Crippen LogP contribution in [-0.4, -0.2) is 13.2 Å². The summed E-state index contributed by atoms with van der Waals surface area (Å²) in [6.07, 6.45) is 14.5. The number of nitrogens with one attached hydrogen (secondary N) is 1. The summed E-state index contributed by atoms with van der Waals surface area (Å²) in [4.78, 5) is 9.80. The van der Waals surface area contributed by atoms with E-state index in [9.17, 15) is 0 Å². The van der Waals surface area contributed by atoms with Gasteiger partial charge < -0.3 is 0 Å². The Morgan fingerprint density at radius 3 is 1.78 bits per heavy atom. The highest BCUT2D eigenvalue weighted by Crippen LogP contribution is 2.10. The quantitative estimate of drug-likeness (QED) is 0.261. The lowest BCUT2D eigenvalue weighted by molar-refractivity contribution is -0.336. The van der Waals surface area contributed by atoms with Crippen LogP contribution in [-0.2, 0) is 9.88 Å². The molecule has 0 unspecified atom stereocenters. The standard InChI is InChI=1S/C15H33NO2/c1-3-5-6-7-8-9-10-11-12-13-15-17-18-16-14-4-2/h16H,3-15H2,1-2H3. The van der Waals surface area contributed by atoms with Gasteiger partial charge in [0.15, 0.2) is 0 Å². The van der Waals surface area contributed by atoms with Crippen molar-refractivity contribution in [1.82, 2.24) is 5.48 Å². The lowest BCUT2D eigenvalue weighted by Gasteiger charge is -2.04. The molecule has 0 amide bonds. The van der Waals surface area contributed by atoms with Crippen LogP contribution in [0.3, 0.4) is 0 Å². The lowest BCUT2D eigenvalue weighted by Crippen LogP contribution is -2.16. The minimum Gasteiger partial charge on any atom is -0.218 e. The minimum absolute atomic E-state index is 0.702. The van der Waals surface area contributed by atoms with Gasteiger partial charge in [-0.2, -0.15) is 5.48 Å². The first-order chi connectivity index (χ1) is 8.91. The van der Waals surface area contributed by atoms with Gasteiger partial charge in [-0.1, -0.05) is 71.6 Å². The first-order valence-electron chi connectivity index (χ1n) is 7.93. The van der Waals surface area contributed by atoms with E-state index in [0.29, 0.717) is 6.61 Å². The van der Waals surface area contributed by atoms with E-state index >= 15 is 0 Å². The largest absolute Gasteiger partial charge is 0.218 e. The molecule has 0 rings (SSSR count). The molecule has 0 aliphatic rings. The summed E-state index contributed by atoms with van der Waals surface area (Å²) in [5.74, 6) is 0. The number of hydrogen-bond acceptors (Lipinski definition) is 3. The molecule has 0 aromatic heterocycles. The topological polar surface area (TPSA) is 30.5 Å². The molecule has 0 aromatic carbocycles. The zero-order chi connectivity index (χ0) is 13.3. The van der Waals surface area contributed by atoms with E-state index in [1.54, 1.807) is 0 Å². The van der Waals surface area contributed by atoms with Crippen LogP contribution in [0.25, 0.3) is 0 Å². The SMILES string of the molecule is CCCCCCCCCCCCOONCCC. The van der Waals surface area contributed by atoms with Crippen LogP contribution in [0.15, 0.2) is 0 Å². The van der Waals surface area contributed by atoms with Crippen LogP contribution >= 0.6 is 0 Å². The second-order valence-electron chi connectivity index (χ2n) is 4.98. The normalized spacial score (nSPS) is 11.0. The van der Waals surface area contributed by atoms with Gasteiger partial charge in [0.25, 0.3) is 0 Å². The van der Waals surface area contributed by atoms with Crippen LogP contribution in [0.2, 0.25) is 0 Å². The molecule has 0 aromatic rings. The summed E-state index contributed by atoms with van der Waals surface area (Å²) in [6.45, 7) is 5.91. The average molecular weight is 259 g/mol. The average Bonchev–Trinajstić information content (AvgIpc) is 2.39. The molecule has 0 bridgehead atoms. The summed E-state index contributed by atoms with van der Waals surface area (Å²) in [5, 5.41) is 0. The van der Waals surface area contributed by atoms with Crippen molar-refractivity contribution in [3.8, 4) is 0 Å². The van der Waals surface area contributed by atoms with Gasteiger partial charge in [-0.3, -0.25) is 0 Å². The predicted molar refractivity (Wildman–Crippen MR) is 77.2 cm³/mol. The second kappa shape index (κ2) is 16.9. The Hall–Kier alpha value is -0.120. The molecule has 0 spiro atoms. The molecule has 0 saturated heterocycles. The van der Waals surface area contributed by atoms with Gasteiger partial charge in [-0.25, -0.2) is 4.89 Å². The molecule has 1 N–H and O–H groups in total. The Morgan fingerprint density at radius 2 is 1.22 bits per heavy atom. The van der Waals surface area contributed by atoms with Crippen LogP contribution in [0.5, 0.6) is 0 Å². The summed E-state index contributed by atoms with van der Waals surface area (Å²) in [5.41, 5.74) is 2.75. The molecular weight excluding hydrogens is 226 g/mol. The smallest absolute Gasteiger partial charge is 0.0842 e. The number of hydroxylamine groups is 1. The van der Waals surface area contributed by atoms with Crippen molar-refractivity contribution in [2.24, 2.45) is 0 Å².